The summed E-state index contributed by atoms with van der Waals surface area (Å²) in [7, 11) is 2.85. The summed E-state index contributed by atoms with van der Waals surface area (Å²) in [5, 5.41) is 5.49. The summed E-state index contributed by atoms with van der Waals surface area (Å²) in [4.78, 5) is 48.6. The summed E-state index contributed by atoms with van der Waals surface area (Å²) in [6.07, 6.45) is -4.62. The van der Waals surface area contributed by atoms with Crippen LogP contribution in [0.15, 0.2) is 63.7 Å². The molecule has 2 heterocycles. The monoisotopic (exact) mass is 529 g/mol. The molecule has 0 aliphatic carbocycles. The topological polar surface area (TPSA) is 142 Å². The molecule has 0 radical (unpaired) electrons. The smallest absolute Gasteiger partial charge is 0.416 e. The fourth-order valence-corrected chi connectivity index (χ4v) is 3.97. The molecule has 2 aliphatic heterocycles. The van der Waals surface area contributed by atoms with Crippen LogP contribution < -0.4 is 26.0 Å². The molecule has 38 heavy (non-hydrogen) atoms. The van der Waals surface area contributed by atoms with Gasteiger partial charge in [0.05, 0.1) is 18.4 Å². The predicted octanol–water partition coefficient (Wildman–Crippen LogP) is 3.55. The van der Waals surface area contributed by atoms with Gasteiger partial charge in [-0.25, -0.2) is 9.59 Å². The maximum absolute atomic E-state index is 13.5. The van der Waals surface area contributed by atoms with Gasteiger partial charge in [0.2, 0.25) is 5.96 Å². The van der Waals surface area contributed by atoms with Gasteiger partial charge >= 0.3 is 18.2 Å². The van der Waals surface area contributed by atoms with E-state index in [1.54, 1.807) is 6.92 Å². The number of imide groups is 1. The predicted molar refractivity (Wildman–Crippen MR) is 133 cm³/mol. The first-order valence-electron chi connectivity index (χ1n) is 11.1. The molecule has 4 N–H and O–H groups in total. The number of alkyl halides is 3. The second-order valence-corrected chi connectivity index (χ2v) is 8.14. The summed E-state index contributed by atoms with van der Waals surface area (Å²) in [6, 6.07) is 6.37. The second-order valence-electron chi connectivity index (χ2n) is 8.14. The zero-order valence-corrected chi connectivity index (χ0v) is 20.4. The number of benzene rings is 2. The number of amidine groups is 1. The number of methoxy groups -OCH3 is 1. The number of nitrogens with zero attached hydrogens (tertiary/aromatic N) is 4. The minimum atomic E-state index is -4.62. The molecule has 14 heteroatoms. The number of urea groups is 2. The summed E-state index contributed by atoms with van der Waals surface area (Å²) in [6.45, 7) is 1.82. The van der Waals surface area contributed by atoms with Crippen LogP contribution in [-0.2, 0) is 6.18 Å². The molecule has 198 valence electrons. The number of allylic oxidation sites excluding steroid dienone is 1. The van der Waals surface area contributed by atoms with Crippen LogP contribution in [0, 0.1) is 0 Å². The highest BCUT2D eigenvalue weighted by molar-refractivity contribution is 6.27. The summed E-state index contributed by atoms with van der Waals surface area (Å²) >= 11 is 0. The molecular formula is C24H22F3N7O4. The normalized spacial score (nSPS) is 16.6. The molecule has 0 aromatic heterocycles. The fraction of sp³-hybridized carbons (Fsp3) is 0.208. The number of nitrogens with one attached hydrogen (secondary N) is 2. The molecule has 11 nitrogen and oxygen atoms in total. The van der Waals surface area contributed by atoms with Crippen molar-refractivity contribution in [2.75, 3.05) is 30.9 Å². The number of halogens is 3. The van der Waals surface area contributed by atoms with Gasteiger partial charge in [-0.05, 0) is 31.2 Å². The Balaban J connectivity index is 1.75. The van der Waals surface area contributed by atoms with Crippen molar-refractivity contribution in [3.05, 3.63) is 64.9 Å². The van der Waals surface area contributed by atoms with Crippen molar-refractivity contribution in [2.45, 2.75) is 13.1 Å². The number of nitrogens with two attached hydrogens (primary N) is 1. The first-order chi connectivity index (χ1) is 17.9. The van der Waals surface area contributed by atoms with E-state index in [-0.39, 0.29) is 41.0 Å². The first kappa shape index (κ1) is 26.2. The number of rotatable bonds is 4. The Kier molecular flexibility index (Phi) is 6.81. The van der Waals surface area contributed by atoms with E-state index in [0.717, 1.165) is 18.2 Å². The Morgan fingerprint density at radius 1 is 1.21 bits per heavy atom. The average molecular weight is 529 g/mol. The molecule has 0 saturated carbocycles. The van der Waals surface area contributed by atoms with E-state index in [2.05, 4.69) is 20.6 Å². The minimum absolute atomic E-state index is 0.0385. The number of fused-ring (bicyclic) bond motifs is 1. The van der Waals surface area contributed by atoms with Crippen LogP contribution in [0.4, 0.5) is 34.1 Å². The van der Waals surface area contributed by atoms with Crippen molar-refractivity contribution >= 4 is 41.1 Å². The fourth-order valence-electron chi connectivity index (χ4n) is 3.97. The Morgan fingerprint density at radius 2 is 1.95 bits per heavy atom. The van der Waals surface area contributed by atoms with Crippen LogP contribution >= 0.6 is 0 Å². The molecule has 2 aromatic carbocycles. The number of amides is 5. The standard InChI is InChI=1S/C24H22F3N7O4/c1-12-18-11-30-22(29-2)32-19(18)34(21(28)36)23(37)33(12)16-8-15(9-17(10-16)38-3)31-20(35)13-5-4-6-14(7-13)24(25,26)27/h4-10H,11H2,1-3H3,(H2,28,36)(H,29,30)(H,31,35). The zero-order chi connectivity index (χ0) is 27.8. The van der Waals surface area contributed by atoms with Crippen molar-refractivity contribution in [1.82, 2.24) is 10.2 Å². The van der Waals surface area contributed by atoms with Gasteiger partial charge in [-0.1, -0.05) is 6.07 Å². The Morgan fingerprint density at radius 3 is 2.58 bits per heavy atom. The third-order valence-corrected chi connectivity index (χ3v) is 5.80. The van der Waals surface area contributed by atoms with E-state index < -0.39 is 29.7 Å². The number of carbonyl (C=O) groups is 3. The molecule has 2 aromatic rings. The van der Waals surface area contributed by atoms with Gasteiger partial charge in [-0.15, -0.1) is 0 Å². The quantitative estimate of drug-likeness (QED) is 0.556. The van der Waals surface area contributed by atoms with Gasteiger partial charge < -0.3 is 21.1 Å². The molecule has 2 aliphatic rings. The Labute approximate surface area is 214 Å². The van der Waals surface area contributed by atoms with Crippen LogP contribution in [0.3, 0.4) is 0 Å². The van der Waals surface area contributed by atoms with Crippen LogP contribution in [0.1, 0.15) is 22.8 Å². The van der Waals surface area contributed by atoms with Crippen LogP contribution in [-0.4, -0.2) is 55.4 Å². The number of carbonyl (C=O) groups excluding carboxylic acids is 3. The lowest BCUT2D eigenvalue weighted by Crippen LogP contribution is -2.58. The van der Waals surface area contributed by atoms with E-state index >= 15 is 0 Å². The lowest BCUT2D eigenvalue weighted by Gasteiger charge is -2.38. The maximum Gasteiger partial charge on any atom is 0.416 e. The van der Waals surface area contributed by atoms with E-state index in [9.17, 15) is 27.6 Å². The zero-order valence-electron chi connectivity index (χ0n) is 20.4. The van der Waals surface area contributed by atoms with Crippen LogP contribution in [0.25, 0.3) is 0 Å². The third kappa shape index (κ3) is 4.87. The molecule has 0 fully saturated rings. The lowest BCUT2D eigenvalue weighted by molar-refractivity contribution is -0.137. The maximum atomic E-state index is 13.5. The second kappa shape index (κ2) is 9.88. The average Bonchev–Trinajstić information content (AvgIpc) is 2.87. The summed E-state index contributed by atoms with van der Waals surface area (Å²) in [5.74, 6) is -0.340. The van der Waals surface area contributed by atoms with Gasteiger partial charge in [0.15, 0.2) is 5.84 Å². The molecule has 0 saturated heterocycles. The highest BCUT2D eigenvalue weighted by Gasteiger charge is 2.41. The van der Waals surface area contributed by atoms with Crippen LogP contribution in [0.5, 0.6) is 5.75 Å². The SMILES string of the molecule is CN=C1N=C2C(=C(C)N(c3cc(NC(=O)c4cccc(C(F)(F)F)c4)cc(OC)c3)C(=O)N2C(N)=O)CN1. The summed E-state index contributed by atoms with van der Waals surface area (Å²) < 4.78 is 44.6. The number of ether oxygens (including phenoxy) is 1. The van der Waals surface area contributed by atoms with Gasteiger partial charge in [0, 0.05) is 48.2 Å². The van der Waals surface area contributed by atoms with E-state index in [4.69, 9.17) is 10.5 Å². The van der Waals surface area contributed by atoms with Crippen molar-refractivity contribution in [1.29, 1.82) is 0 Å². The third-order valence-electron chi connectivity index (χ3n) is 5.80. The number of guanidine groups is 1. The highest BCUT2D eigenvalue weighted by Crippen LogP contribution is 2.35. The highest BCUT2D eigenvalue weighted by atomic mass is 19.4. The number of primary amides is 1. The molecular weight excluding hydrogens is 507 g/mol. The van der Waals surface area contributed by atoms with Crippen molar-refractivity contribution in [2.24, 2.45) is 15.7 Å². The Hall–Kier alpha value is -4.88. The molecule has 0 atom stereocenters. The van der Waals surface area contributed by atoms with Gasteiger partial charge in [-0.2, -0.15) is 23.1 Å². The molecule has 0 bridgehead atoms. The molecule has 5 amide bonds. The summed E-state index contributed by atoms with van der Waals surface area (Å²) in [5.41, 5.74) is 5.54. The van der Waals surface area contributed by atoms with E-state index in [0.29, 0.717) is 16.2 Å². The molecule has 0 unspecified atom stereocenters. The lowest BCUT2D eigenvalue weighted by atomic mass is 10.1. The van der Waals surface area contributed by atoms with E-state index in [1.807, 2.05) is 0 Å². The number of hydrogen-bond donors (Lipinski definition) is 3. The van der Waals surface area contributed by atoms with Crippen LogP contribution in [0.2, 0.25) is 0 Å². The van der Waals surface area contributed by atoms with E-state index in [1.165, 1.54) is 43.3 Å². The van der Waals surface area contributed by atoms with Gasteiger partial charge in [-0.3, -0.25) is 14.7 Å². The number of anilines is 2. The number of aliphatic imine (C=N–C) groups is 2. The van der Waals surface area contributed by atoms with Crippen molar-refractivity contribution < 1.29 is 32.3 Å². The van der Waals surface area contributed by atoms with Crippen molar-refractivity contribution in [3.8, 4) is 5.75 Å². The van der Waals surface area contributed by atoms with Crippen molar-refractivity contribution in [3.63, 3.8) is 0 Å². The number of hydrogen-bond acceptors (Lipinski definition) is 5. The Bertz CT molecular complexity index is 1430. The first-order valence-corrected chi connectivity index (χ1v) is 11.1. The largest absolute Gasteiger partial charge is 0.497 e. The van der Waals surface area contributed by atoms with Gasteiger partial charge in [0.25, 0.3) is 5.91 Å². The minimum Gasteiger partial charge on any atom is -0.497 e. The molecule has 4 rings (SSSR count). The van der Waals surface area contributed by atoms with Gasteiger partial charge in [0.1, 0.15) is 5.75 Å². The molecule has 0 spiro atoms.